The van der Waals surface area contributed by atoms with Crippen molar-refractivity contribution in [3.8, 4) is 22.5 Å². The molecule has 4 aromatic carbocycles. The first-order chi connectivity index (χ1) is 22.7. The Morgan fingerprint density at radius 2 is 1.04 bits per heavy atom. The van der Waals surface area contributed by atoms with Crippen LogP contribution in [0.5, 0.6) is 0 Å². The van der Waals surface area contributed by atoms with Crippen LogP contribution in [0.15, 0.2) is 97.1 Å². The molecule has 0 bridgehead atoms. The van der Waals surface area contributed by atoms with Crippen molar-refractivity contribution in [2.24, 2.45) is 14.1 Å². The van der Waals surface area contributed by atoms with Crippen LogP contribution < -0.4 is 0 Å². The van der Waals surface area contributed by atoms with E-state index < -0.39 is 8.07 Å². The van der Waals surface area contributed by atoms with Crippen molar-refractivity contribution in [1.82, 2.24) is 9.13 Å². The molecular formula is C43H48N2OSi. The molecule has 0 spiro atoms. The Morgan fingerprint density at radius 3 is 1.55 bits per heavy atom. The Morgan fingerprint density at radius 1 is 0.596 bits per heavy atom. The molecule has 0 aliphatic heterocycles. The summed E-state index contributed by atoms with van der Waals surface area (Å²) in [6.07, 6.45) is 4.87. The van der Waals surface area contributed by atoms with E-state index in [0.29, 0.717) is 11.1 Å². The van der Waals surface area contributed by atoms with Crippen LogP contribution in [0, 0.1) is 0 Å². The number of hydrogen-bond acceptors (Lipinski definition) is 1. The van der Waals surface area contributed by atoms with Gasteiger partial charge >= 0.3 is 0 Å². The predicted molar refractivity (Wildman–Crippen MR) is 201 cm³/mol. The summed E-state index contributed by atoms with van der Waals surface area (Å²) in [5, 5.41) is 2.88. The fraction of sp³-hybridized carbons (Fsp3) is 0.349. The van der Waals surface area contributed by atoms with Gasteiger partial charge in [-0.25, -0.2) is 0 Å². The van der Waals surface area contributed by atoms with E-state index in [1.807, 2.05) is 0 Å². The first-order valence-electron chi connectivity index (χ1n) is 17.7. The van der Waals surface area contributed by atoms with Gasteiger partial charge in [-0.2, -0.15) is 0 Å². The minimum atomic E-state index is -2.25. The van der Waals surface area contributed by atoms with E-state index in [-0.39, 0.29) is 5.60 Å². The molecule has 2 unspecified atom stereocenters. The van der Waals surface area contributed by atoms with Gasteiger partial charge in [-0.05, 0) is 61.6 Å². The summed E-state index contributed by atoms with van der Waals surface area (Å²) in [6, 6.07) is 38.4. The number of nitrogens with zero attached hydrogens (tertiary/aromatic N) is 2. The Balaban J connectivity index is 1.31. The summed E-state index contributed by atoms with van der Waals surface area (Å²) in [5.41, 5.74) is 15.5. The van der Waals surface area contributed by atoms with Crippen molar-refractivity contribution in [2.75, 3.05) is 6.61 Å². The zero-order valence-electron chi connectivity index (χ0n) is 28.9. The minimum absolute atomic E-state index is 0.0659. The molecule has 0 saturated heterocycles. The van der Waals surface area contributed by atoms with Gasteiger partial charge in [0.15, 0.2) is 0 Å². The summed E-state index contributed by atoms with van der Waals surface area (Å²) in [7, 11) is 2.32. The van der Waals surface area contributed by atoms with Gasteiger partial charge in [0.05, 0.1) is 25.1 Å². The smallest absolute Gasteiger partial charge is 0.0763 e. The van der Waals surface area contributed by atoms with Gasteiger partial charge in [-0.3, -0.25) is 0 Å². The highest BCUT2D eigenvalue weighted by Gasteiger charge is 2.54. The topological polar surface area (TPSA) is 19.1 Å². The van der Waals surface area contributed by atoms with Crippen LogP contribution in [-0.2, 0) is 18.8 Å². The zero-order chi connectivity index (χ0) is 32.5. The number of para-hydroxylation sites is 2. The molecule has 6 aromatic rings. The van der Waals surface area contributed by atoms with Crippen LogP contribution in [-0.4, -0.2) is 29.4 Å². The van der Waals surface area contributed by atoms with E-state index in [1.54, 1.807) is 22.3 Å². The number of fused-ring (bicyclic) bond motifs is 10. The largest absolute Gasteiger partial charge is 0.376 e. The normalized spacial score (nSPS) is 17.9. The average Bonchev–Trinajstić information content (AvgIpc) is 3.77. The van der Waals surface area contributed by atoms with Crippen molar-refractivity contribution >= 4 is 29.9 Å². The first-order valence-corrected chi connectivity index (χ1v) is 20.5. The fourth-order valence-corrected chi connectivity index (χ4v) is 15.2. The molecule has 240 valence electrons. The summed E-state index contributed by atoms with van der Waals surface area (Å²) in [6.45, 7) is 10.1. The van der Waals surface area contributed by atoms with Gasteiger partial charge in [0.1, 0.15) is 0 Å². The highest BCUT2D eigenvalue weighted by atomic mass is 28.3. The monoisotopic (exact) mass is 636 g/mol. The summed E-state index contributed by atoms with van der Waals surface area (Å²) >= 11 is 0. The van der Waals surface area contributed by atoms with E-state index in [1.165, 1.54) is 69.6 Å². The van der Waals surface area contributed by atoms with E-state index in [0.717, 1.165) is 13.0 Å². The van der Waals surface area contributed by atoms with Gasteiger partial charge in [0, 0.05) is 64.7 Å². The Labute approximate surface area is 281 Å². The third-order valence-corrected chi connectivity index (χ3v) is 16.7. The molecule has 8 rings (SSSR count). The molecule has 2 aliphatic rings. The van der Waals surface area contributed by atoms with Crippen LogP contribution in [0.25, 0.3) is 44.3 Å². The lowest BCUT2D eigenvalue weighted by Gasteiger charge is -2.41. The van der Waals surface area contributed by atoms with Crippen LogP contribution in [0.1, 0.15) is 79.8 Å². The maximum atomic E-state index is 6.09. The minimum Gasteiger partial charge on any atom is -0.376 e. The second-order valence-electron chi connectivity index (χ2n) is 15.3. The lowest BCUT2D eigenvalue weighted by Crippen LogP contribution is -2.45. The Kier molecular flexibility index (Phi) is 7.38. The van der Waals surface area contributed by atoms with E-state index >= 15 is 0 Å². The van der Waals surface area contributed by atoms with Crippen molar-refractivity contribution in [1.29, 1.82) is 0 Å². The van der Waals surface area contributed by atoms with Crippen molar-refractivity contribution < 1.29 is 4.74 Å². The number of unbranched alkanes of at least 4 members (excludes halogenated alkanes) is 3. The first kappa shape index (κ1) is 30.5. The number of aryl methyl sites for hydroxylation is 2. The molecule has 0 N–H and O–H groups in total. The second kappa shape index (κ2) is 11.4. The summed E-state index contributed by atoms with van der Waals surface area (Å²) < 4.78 is 11.1. The van der Waals surface area contributed by atoms with E-state index in [2.05, 4.69) is 148 Å². The van der Waals surface area contributed by atoms with Gasteiger partial charge in [0.25, 0.3) is 0 Å². The lowest BCUT2D eigenvalue weighted by molar-refractivity contribution is -0.00471. The quantitative estimate of drug-likeness (QED) is 0.114. The van der Waals surface area contributed by atoms with Crippen molar-refractivity contribution in [3.05, 3.63) is 119 Å². The van der Waals surface area contributed by atoms with Crippen LogP contribution >= 0.6 is 0 Å². The number of ether oxygens (including phenoxy) is 1. The van der Waals surface area contributed by atoms with Crippen LogP contribution in [0.2, 0.25) is 12.6 Å². The summed E-state index contributed by atoms with van der Waals surface area (Å²) in [5.74, 6) is 0. The predicted octanol–water partition coefficient (Wildman–Crippen LogP) is 11.1. The molecule has 0 fully saturated rings. The summed E-state index contributed by atoms with van der Waals surface area (Å²) in [4.78, 5) is 0. The molecule has 4 heteroatoms. The van der Waals surface area contributed by atoms with Gasteiger partial charge in [-0.1, -0.05) is 117 Å². The van der Waals surface area contributed by atoms with E-state index in [9.17, 15) is 0 Å². The number of aromatic nitrogens is 2. The van der Waals surface area contributed by atoms with E-state index in [4.69, 9.17) is 4.74 Å². The molecule has 3 nitrogen and oxygen atoms in total. The standard InChI is InChI=1S/C43H48N2OSi/c1-43(2,3)46-27-17-7-8-18-28-47(6,41-31-21-11-9-19-29(31)39-37(41)33-23-13-15-25-35(33)44(39)4)42-32-22-12-10-20-30(32)40-38(42)34-24-14-16-26-36(34)45(40)5/h9-16,19-26,41-42H,7-8,17-18,27-28H2,1-6H3. The maximum absolute atomic E-state index is 6.09. The van der Waals surface area contributed by atoms with Crippen LogP contribution in [0.4, 0.5) is 0 Å². The molecule has 47 heavy (non-hydrogen) atoms. The lowest BCUT2D eigenvalue weighted by atomic mass is 10.1. The number of hydrogen-bond donors (Lipinski definition) is 0. The molecule has 0 radical (unpaired) electrons. The maximum Gasteiger partial charge on any atom is 0.0763 e. The number of rotatable bonds is 9. The van der Waals surface area contributed by atoms with Gasteiger partial charge < -0.3 is 13.9 Å². The molecule has 2 aromatic heterocycles. The Bertz CT molecular complexity index is 1990. The van der Waals surface area contributed by atoms with Crippen molar-refractivity contribution in [2.45, 2.75) is 75.7 Å². The highest BCUT2D eigenvalue weighted by Crippen LogP contribution is 2.61. The van der Waals surface area contributed by atoms with Crippen molar-refractivity contribution in [3.63, 3.8) is 0 Å². The van der Waals surface area contributed by atoms with Gasteiger partial charge in [0.2, 0.25) is 0 Å². The fourth-order valence-electron chi connectivity index (χ4n) is 9.49. The van der Waals surface area contributed by atoms with Crippen LogP contribution in [0.3, 0.4) is 0 Å². The number of benzene rings is 4. The molecule has 0 amide bonds. The molecular weight excluding hydrogens is 589 g/mol. The third-order valence-electron chi connectivity index (χ3n) is 11.4. The highest BCUT2D eigenvalue weighted by molar-refractivity contribution is 6.83. The third kappa shape index (κ3) is 4.70. The molecule has 2 aliphatic carbocycles. The Hall–Kier alpha value is -3.86. The average molecular weight is 637 g/mol. The second-order valence-corrected chi connectivity index (χ2v) is 20.0. The molecule has 2 atom stereocenters. The van der Waals surface area contributed by atoms with Gasteiger partial charge in [-0.15, -0.1) is 0 Å². The molecule has 2 heterocycles. The zero-order valence-corrected chi connectivity index (χ0v) is 29.9. The SMILES string of the molecule is Cn1c2c(c3ccccc31)C([Si](C)(CCCCCCOC(C)(C)C)C1c3ccccc3-c3c1c1ccccc1n3C)c1ccccc1-2. The molecule has 0 saturated carbocycles.